The van der Waals surface area contributed by atoms with Crippen LogP contribution in [0.4, 0.5) is 15.8 Å². The quantitative estimate of drug-likeness (QED) is 0.779. The third-order valence-corrected chi connectivity index (χ3v) is 4.83. The topological polar surface area (TPSA) is 38.0 Å². The highest BCUT2D eigenvalue weighted by Crippen LogP contribution is 2.32. The molecule has 1 aromatic carbocycles. The molecule has 2 rings (SSSR count). The summed E-state index contributed by atoms with van der Waals surface area (Å²) in [4.78, 5) is 0. The Labute approximate surface area is 123 Å². The van der Waals surface area contributed by atoms with Crippen LogP contribution in [0.15, 0.2) is 16.6 Å². The molecule has 0 heterocycles. The van der Waals surface area contributed by atoms with E-state index in [1.165, 1.54) is 38.2 Å². The van der Waals surface area contributed by atoms with Crippen LogP contribution in [0, 0.1) is 17.7 Å². The molecule has 0 atom stereocenters. The van der Waals surface area contributed by atoms with Crippen molar-refractivity contribution >= 4 is 27.3 Å². The van der Waals surface area contributed by atoms with E-state index < -0.39 is 0 Å². The molecule has 1 aliphatic rings. The average Bonchev–Trinajstić information content (AvgIpc) is 2.42. The normalized spacial score (nSPS) is 23.3. The molecule has 2 nitrogen and oxygen atoms in total. The standard InChI is InChI=1S/C15H22BrFN2/c1-2-10-3-5-11(6-4-10)9-19-15-8-13(17)12(16)7-14(15)18/h7-8,10-11,19H,2-6,9,18H2,1H3. The van der Waals surface area contributed by atoms with Crippen LogP contribution in [-0.4, -0.2) is 6.54 Å². The van der Waals surface area contributed by atoms with Gasteiger partial charge in [-0.25, -0.2) is 4.39 Å². The highest BCUT2D eigenvalue weighted by molar-refractivity contribution is 9.10. The number of nitrogens with two attached hydrogens (primary N) is 1. The van der Waals surface area contributed by atoms with E-state index in [2.05, 4.69) is 28.2 Å². The molecule has 0 radical (unpaired) electrons. The van der Waals surface area contributed by atoms with Gasteiger partial charge in [0, 0.05) is 12.6 Å². The third-order valence-electron chi connectivity index (χ3n) is 4.22. The van der Waals surface area contributed by atoms with Gasteiger partial charge in [-0.2, -0.15) is 0 Å². The van der Waals surface area contributed by atoms with Gasteiger partial charge in [-0.1, -0.05) is 26.2 Å². The van der Waals surface area contributed by atoms with Crippen LogP contribution in [0.1, 0.15) is 39.0 Å². The van der Waals surface area contributed by atoms with Gasteiger partial charge in [0.2, 0.25) is 0 Å². The molecule has 0 unspecified atom stereocenters. The first-order valence-corrected chi connectivity index (χ1v) is 7.87. The maximum atomic E-state index is 13.5. The lowest BCUT2D eigenvalue weighted by Crippen LogP contribution is -2.21. The molecule has 19 heavy (non-hydrogen) atoms. The van der Waals surface area contributed by atoms with E-state index in [-0.39, 0.29) is 5.82 Å². The van der Waals surface area contributed by atoms with Gasteiger partial charge < -0.3 is 11.1 Å². The van der Waals surface area contributed by atoms with Crippen LogP contribution in [-0.2, 0) is 0 Å². The number of nitrogen functional groups attached to an aromatic ring is 1. The van der Waals surface area contributed by atoms with Gasteiger partial charge in [0.15, 0.2) is 0 Å². The van der Waals surface area contributed by atoms with Crippen molar-refractivity contribution in [3.63, 3.8) is 0 Å². The van der Waals surface area contributed by atoms with Gasteiger partial charge in [0.05, 0.1) is 15.8 Å². The van der Waals surface area contributed by atoms with Gasteiger partial charge in [0.1, 0.15) is 5.82 Å². The molecule has 0 spiro atoms. The van der Waals surface area contributed by atoms with Crippen molar-refractivity contribution in [2.24, 2.45) is 11.8 Å². The number of benzene rings is 1. The van der Waals surface area contributed by atoms with Gasteiger partial charge in [-0.3, -0.25) is 0 Å². The molecule has 1 fully saturated rings. The van der Waals surface area contributed by atoms with Crippen molar-refractivity contribution in [2.45, 2.75) is 39.0 Å². The molecule has 0 aliphatic heterocycles. The Morgan fingerprint density at radius 2 is 1.89 bits per heavy atom. The number of nitrogens with one attached hydrogen (secondary N) is 1. The molecule has 0 saturated heterocycles. The number of hydrogen-bond acceptors (Lipinski definition) is 2. The molecule has 1 saturated carbocycles. The highest BCUT2D eigenvalue weighted by atomic mass is 79.9. The average molecular weight is 329 g/mol. The van der Waals surface area contributed by atoms with E-state index >= 15 is 0 Å². The summed E-state index contributed by atoms with van der Waals surface area (Å²) in [6.07, 6.45) is 6.49. The Balaban J connectivity index is 1.88. The molecular weight excluding hydrogens is 307 g/mol. The molecule has 0 aromatic heterocycles. The highest BCUT2D eigenvalue weighted by Gasteiger charge is 2.20. The Morgan fingerprint density at radius 3 is 2.53 bits per heavy atom. The van der Waals surface area contributed by atoms with Gasteiger partial charge in [0.25, 0.3) is 0 Å². The first-order chi connectivity index (χ1) is 9.10. The second kappa shape index (κ2) is 6.60. The molecule has 106 valence electrons. The van der Waals surface area contributed by atoms with E-state index in [0.717, 1.165) is 12.5 Å². The second-order valence-electron chi connectivity index (χ2n) is 5.53. The number of halogens is 2. The summed E-state index contributed by atoms with van der Waals surface area (Å²) in [7, 11) is 0. The second-order valence-corrected chi connectivity index (χ2v) is 6.38. The number of hydrogen-bond donors (Lipinski definition) is 2. The molecule has 0 amide bonds. The summed E-state index contributed by atoms with van der Waals surface area (Å²) >= 11 is 3.14. The Bertz CT molecular complexity index is 428. The number of rotatable bonds is 4. The summed E-state index contributed by atoms with van der Waals surface area (Å²) < 4.78 is 13.9. The molecular formula is C15H22BrFN2. The van der Waals surface area contributed by atoms with E-state index in [1.807, 2.05) is 0 Å². The zero-order valence-electron chi connectivity index (χ0n) is 11.4. The molecule has 3 N–H and O–H groups in total. The summed E-state index contributed by atoms with van der Waals surface area (Å²) in [5, 5.41) is 3.30. The minimum Gasteiger partial charge on any atom is -0.397 e. The predicted octanol–water partition coefficient (Wildman–Crippen LogP) is 4.80. The third kappa shape index (κ3) is 3.85. The van der Waals surface area contributed by atoms with Crippen molar-refractivity contribution in [3.05, 3.63) is 22.4 Å². The fraction of sp³-hybridized carbons (Fsp3) is 0.600. The lowest BCUT2D eigenvalue weighted by Gasteiger charge is -2.28. The summed E-state index contributed by atoms with van der Waals surface area (Å²) in [6.45, 7) is 3.16. The lowest BCUT2D eigenvalue weighted by atomic mass is 9.81. The summed E-state index contributed by atoms with van der Waals surface area (Å²) in [5.41, 5.74) is 7.19. The van der Waals surface area contributed by atoms with Gasteiger partial charge in [-0.05, 0) is 46.7 Å². The van der Waals surface area contributed by atoms with Crippen LogP contribution in [0.3, 0.4) is 0 Å². The molecule has 1 aromatic rings. The maximum absolute atomic E-state index is 13.5. The maximum Gasteiger partial charge on any atom is 0.139 e. The smallest absolute Gasteiger partial charge is 0.139 e. The van der Waals surface area contributed by atoms with Crippen LogP contribution in [0.25, 0.3) is 0 Å². The fourth-order valence-corrected chi connectivity index (χ4v) is 3.17. The minimum absolute atomic E-state index is 0.272. The van der Waals surface area contributed by atoms with E-state index in [0.29, 0.717) is 21.8 Å². The largest absolute Gasteiger partial charge is 0.397 e. The monoisotopic (exact) mass is 328 g/mol. The predicted molar refractivity (Wildman–Crippen MR) is 82.7 cm³/mol. The number of anilines is 2. The van der Waals surface area contributed by atoms with E-state index in [4.69, 9.17) is 5.73 Å². The van der Waals surface area contributed by atoms with E-state index in [9.17, 15) is 4.39 Å². The Kier molecular flexibility index (Phi) is 5.08. The lowest BCUT2D eigenvalue weighted by molar-refractivity contribution is 0.278. The molecule has 4 heteroatoms. The van der Waals surface area contributed by atoms with Crippen molar-refractivity contribution in [1.29, 1.82) is 0 Å². The molecule has 1 aliphatic carbocycles. The van der Waals surface area contributed by atoms with Crippen LogP contribution in [0.5, 0.6) is 0 Å². The SMILES string of the molecule is CCC1CCC(CNc2cc(F)c(Br)cc2N)CC1. The minimum atomic E-state index is -0.272. The van der Waals surface area contributed by atoms with Gasteiger partial charge in [-0.15, -0.1) is 0 Å². The fourth-order valence-electron chi connectivity index (χ4n) is 2.81. The zero-order valence-corrected chi connectivity index (χ0v) is 13.0. The van der Waals surface area contributed by atoms with Crippen LogP contribution < -0.4 is 11.1 Å². The first-order valence-electron chi connectivity index (χ1n) is 7.08. The van der Waals surface area contributed by atoms with Crippen molar-refractivity contribution in [2.75, 3.05) is 17.6 Å². The van der Waals surface area contributed by atoms with Gasteiger partial charge >= 0.3 is 0 Å². The van der Waals surface area contributed by atoms with Crippen molar-refractivity contribution in [1.82, 2.24) is 0 Å². The van der Waals surface area contributed by atoms with Crippen LogP contribution in [0.2, 0.25) is 0 Å². The summed E-state index contributed by atoms with van der Waals surface area (Å²) in [6, 6.07) is 3.09. The van der Waals surface area contributed by atoms with Crippen LogP contribution >= 0.6 is 15.9 Å². The Hall–Kier alpha value is -0.770. The molecule has 0 bridgehead atoms. The summed E-state index contributed by atoms with van der Waals surface area (Å²) in [5.74, 6) is 1.33. The Morgan fingerprint density at radius 1 is 1.26 bits per heavy atom. The van der Waals surface area contributed by atoms with E-state index in [1.54, 1.807) is 6.07 Å². The van der Waals surface area contributed by atoms with Crippen molar-refractivity contribution in [3.8, 4) is 0 Å². The zero-order chi connectivity index (χ0) is 13.8. The van der Waals surface area contributed by atoms with Crippen molar-refractivity contribution < 1.29 is 4.39 Å². The first kappa shape index (κ1) is 14.6.